The first kappa shape index (κ1) is 12.0. The van der Waals surface area contributed by atoms with Crippen molar-refractivity contribution in [3.05, 3.63) is 18.2 Å². The van der Waals surface area contributed by atoms with E-state index in [2.05, 4.69) is 11.9 Å². The highest BCUT2D eigenvalue weighted by atomic mass is 16.7. The number of anilines is 1. The molecule has 0 spiro atoms. The zero-order valence-corrected chi connectivity index (χ0v) is 10.7. The Morgan fingerprint density at radius 3 is 2.71 bits per heavy atom. The third-order valence-corrected chi connectivity index (χ3v) is 2.89. The van der Waals surface area contributed by atoms with Crippen molar-refractivity contribution in [2.45, 2.75) is 25.8 Å². The molecule has 0 aromatic heterocycles. The molecule has 4 heteroatoms. The highest BCUT2D eigenvalue weighted by Gasteiger charge is 2.16. The van der Waals surface area contributed by atoms with Crippen molar-refractivity contribution in [3.8, 4) is 11.5 Å². The Morgan fingerprint density at radius 2 is 2.00 bits per heavy atom. The largest absolute Gasteiger partial charge is 0.454 e. The molecule has 1 aromatic rings. The van der Waals surface area contributed by atoms with Crippen molar-refractivity contribution in [2.24, 2.45) is 5.73 Å². The summed E-state index contributed by atoms with van der Waals surface area (Å²) in [6.07, 6.45) is 0.942. The van der Waals surface area contributed by atoms with E-state index in [1.807, 2.05) is 32.0 Å². The van der Waals surface area contributed by atoms with Crippen molar-refractivity contribution in [1.29, 1.82) is 0 Å². The van der Waals surface area contributed by atoms with Gasteiger partial charge in [0.25, 0.3) is 0 Å². The first-order chi connectivity index (χ1) is 7.96. The second-order valence-corrected chi connectivity index (χ2v) is 5.20. The molecule has 0 atom stereocenters. The number of fused-ring (bicyclic) bond motifs is 1. The third-order valence-electron chi connectivity index (χ3n) is 2.89. The molecule has 1 aromatic carbocycles. The topological polar surface area (TPSA) is 47.7 Å². The molecule has 1 heterocycles. The van der Waals surface area contributed by atoms with Gasteiger partial charge in [0.1, 0.15) is 0 Å². The van der Waals surface area contributed by atoms with E-state index in [4.69, 9.17) is 15.2 Å². The highest BCUT2D eigenvalue weighted by molar-refractivity contribution is 5.56. The molecule has 17 heavy (non-hydrogen) atoms. The predicted molar refractivity (Wildman–Crippen MR) is 68.7 cm³/mol. The first-order valence-electron chi connectivity index (χ1n) is 5.85. The molecule has 2 N–H and O–H groups in total. The molecule has 0 saturated heterocycles. The van der Waals surface area contributed by atoms with Crippen LogP contribution in [0.15, 0.2) is 18.2 Å². The van der Waals surface area contributed by atoms with Gasteiger partial charge in [0.15, 0.2) is 11.5 Å². The molecular weight excluding hydrogens is 216 g/mol. The van der Waals surface area contributed by atoms with Crippen molar-refractivity contribution in [3.63, 3.8) is 0 Å². The van der Waals surface area contributed by atoms with Crippen molar-refractivity contribution >= 4 is 5.69 Å². The van der Waals surface area contributed by atoms with Gasteiger partial charge in [0.2, 0.25) is 6.79 Å². The highest BCUT2D eigenvalue weighted by Crippen LogP contribution is 2.35. The normalized spacial score (nSPS) is 13.9. The van der Waals surface area contributed by atoms with E-state index in [9.17, 15) is 0 Å². The fourth-order valence-electron chi connectivity index (χ4n) is 1.71. The Hall–Kier alpha value is -1.42. The van der Waals surface area contributed by atoms with Crippen molar-refractivity contribution in [1.82, 2.24) is 0 Å². The summed E-state index contributed by atoms with van der Waals surface area (Å²) in [6.45, 7) is 5.32. The number of hydrogen-bond donors (Lipinski definition) is 1. The van der Waals surface area contributed by atoms with Gasteiger partial charge in [-0.25, -0.2) is 0 Å². The Kier molecular flexibility index (Phi) is 3.15. The molecule has 0 fully saturated rings. The molecule has 1 aliphatic rings. The fourth-order valence-corrected chi connectivity index (χ4v) is 1.71. The molecule has 0 radical (unpaired) electrons. The maximum atomic E-state index is 5.98. The Bertz CT molecular complexity index is 399. The van der Waals surface area contributed by atoms with E-state index in [0.717, 1.165) is 30.2 Å². The molecule has 2 rings (SSSR count). The number of nitrogens with zero attached hydrogens (tertiary/aromatic N) is 1. The van der Waals surface area contributed by atoms with Crippen LogP contribution in [0.5, 0.6) is 11.5 Å². The summed E-state index contributed by atoms with van der Waals surface area (Å²) in [6, 6.07) is 5.99. The zero-order chi connectivity index (χ0) is 12.5. The average Bonchev–Trinajstić information content (AvgIpc) is 2.71. The molecule has 0 saturated carbocycles. The van der Waals surface area contributed by atoms with Crippen LogP contribution in [-0.4, -0.2) is 25.9 Å². The number of rotatable bonds is 4. The van der Waals surface area contributed by atoms with Crippen LogP contribution in [0.3, 0.4) is 0 Å². The second-order valence-electron chi connectivity index (χ2n) is 5.20. The minimum Gasteiger partial charge on any atom is -0.454 e. The van der Waals surface area contributed by atoms with E-state index in [1.54, 1.807) is 0 Å². The first-order valence-corrected chi connectivity index (χ1v) is 5.85. The Labute approximate surface area is 102 Å². The third kappa shape index (κ3) is 3.03. The average molecular weight is 236 g/mol. The smallest absolute Gasteiger partial charge is 0.231 e. The van der Waals surface area contributed by atoms with Crippen LogP contribution < -0.4 is 20.1 Å². The second kappa shape index (κ2) is 4.45. The van der Waals surface area contributed by atoms with E-state index in [-0.39, 0.29) is 5.54 Å². The predicted octanol–water partition coefficient (Wildman–Crippen LogP) is 1.98. The van der Waals surface area contributed by atoms with Gasteiger partial charge in [-0.05, 0) is 32.4 Å². The van der Waals surface area contributed by atoms with Gasteiger partial charge < -0.3 is 20.1 Å². The van der Waals surface area contributed by atoms with Crippen LogP contribution in [0.2, 0.25) is 0 Å². The van der Waals surface area contributed by atoms with E-state index < -0.39 is 0 Å². The molecular formula is C13H20N2O2. The van der Waals surface area contributed by atoms with Crippen molar-refractivity contribution in [2.75, 3.05) is 25.3 Å². The van der Waals surface area contributed by atoms with Crippen LogP contribution in [-0.2, 0) is 0 Å². The maximum absolute atomic E-state index is 5.98. The fraction of sp³-hybridized carbons (Fsp3) is 0.538. The lowest BCUT2D eigenvalue weighted by atomic mass is 10.0. The lowest BCUT2D eigenvalue weighted by molar-refractivity contribution is 0.174. The SMILES string of the molecule is CN(CCC(C)(C)N)c1ccc2c(c1)OCO2. The van der Waals surface area contributed by atoms with Gasteiger partial charge in [-0.3, -0.25) is 0 Å². The summed E-state index contributed by atoms with van der Waals surface area (Å²) < 4.78 is 10.6. The molecule has 0 unspecified atom stereocenters. The van der Waals surface area contributed by atoms with Gasteiger partial charge in [-0.2, -0.15) is 0 Å². The van der Waals surface area contributed by atoms with Crippen LogP contribution in [0.25, 0.3) is 0 Å². The molecule has 0 amide bonds. The quantitative estimate of drug-likeness (QED) is 0.868. The number of nitrogens with two attached hydrogens (primary N) is 1. The molecule has 0 bridgehead atoms. The number of benzene rings is 1. The summed E-state index contributed by atoms with van der Waals surface area (Å²) >= 11 is 0. The molecule has 94 valence electrons. The standard InChI is InChI=1S/C13H20N2O2/c1-13(2,14)6-7-15(3)10-4-5-11-12(8-10)17-9-16-11/h4-5,8H,6-7,9,14H2,1-3H3. The van der Waals surface area contributed by atoms with Crippen molar-refractivity contribution < 1.29 is 9.47 Å². The summed E-state index contributed by atoms with van der Waals surface area (Å²) in [7, 11) is 2.06. The summed E-state index contributed by atoms with van der Waals surface area (Å²) in [5.74, 6) is 1.64. The summed E-state index contributed by atoms with van der Waals surface area (Å²) in [5, 5.41) is 0. The van der Waals surface area contributed by atoms with Gasteiger partial charge >= 0.3 is 0 Å². The number of hydrogen-bond acceptors (Lipinski definition) is 4. The minimum atomic E-state index is -0.134. The monoisotopic (exact) mass is 236 g/mol. The van der Waals surface area contributed by atoms with Gasteiger partial charge in [-0.15, -0.1) is 0 Å². The summed E-state index contributed by atoms with van der Waals surface area (Å²) in [5.41, 5.74) is 6.97. The van der Waals surface area contributed by atoms with Crippen LogP contribution in [0.1, 0.15) is 20.3 Å². The van der Waals surface area contributed by atoms with E-state index in [0.29, 0.717) is 6.79 Å². The van der Waals surface area contributed by atoms with E-state index in [1.165, 1.54) is 0 Å². The number of ether oxygens (including phenoxy) is 2. The zero-order valence-electron chi connectivity index (χ0n) is 10.7. The lowest BCUT2D eigenvalue weighted by Crippen LogP contribution is -2.36. The molecule has 4 nitrogen and oxygen atoms in total. The minimum absolute atomic E-state index is 0.134. The molecule has 0 aliphatic carbocycles. The van der Waals surface area contributed by atoms with E-state index >= 15 is 0 Å². The van der Waals surface area contributed by atoms with Crippen LogP contribution in [0.4, 0.5) is 5.69 Å². The van der Waals surface area contributed by atoms with Crippen LogP contribution >= 0.6 is 0 Å². The Morgan fingerprint density at radius 1 is 1.29 bits per heavy atom. The lowest BCUT2D eigenvalue weighted by Gasteiger charge is -2.25. The van der Waals surface area contributed by atoms with Gasteiger partial charge in [0, 0.05) is 30.9 Å². The molecule has 1 aliphatic heterocycles. The Balaban J connectivity index is 2.02. The summed E-state index contributed by atoms with van der Waals surface area (Å²) in [4.78, 5) is 2.18. The maximum Gasteiger partial charge on any atom is 0.231 e. The van der Waals surface area contributed by atoms with Crippen LogP contribution in [0, 0.1) is 0 Å². The van der Waals surface area contributed by atoms with Gasteiger partial charge in [-0.1, -0.05) is 0 Å². The van der Waals surface area contributed by atoms with Gasteiger partial charge in [0.05, 0.1) is 0 Å².